The van der Waals surface area contributed by atoms with Gasteiger partial charge >= 0.3 is 12.1 Å². The Hall–Kier alpha value is -2.28. The van der Waals surface area contributed by atoms with Crippen molar-refractivity contribution in [1.82, 2.24) is 9.88 Å². The third-order valence-corrected chi connectivity index (χ3v) is 3.65. The number of hydrogen-bond acceptors (Lipinski definition) is 5. The number of aromatic nitrogens is 1. The van der Waals surface area contributed by atoms with Gasteiger partial charge in [-0.3, -0.25) is 0 Å². The van der Waals surface area contributed by atoms with Crippen molar-refractivity contribution in [2.24, 2.45) is 0 Å². The van der Waals surface area contributed by atoms with Crippen LogP contribution in [0.4, 0.5) is 10.6 Å². The second-order valence-corrected chi connectivity index (χ2v) is 5.45. The molecule has 0 radical (unpaired) electrons. The summed E-state index contributed by atoms with van der Waals surface area (Å²) in [6, 6.07) is 1.66. The Kier molecular flexibility index (Phi) is 5.81. The molecule has 1 saturated heterocycles. The molecule has 1 amide bonds. The van der Waals surface area contributed by atoms with Crippen molar-refractivity contribution in [3.63, 3.8) is 0 Å². The molecule has 2 N–H and O–H groups in total. The van der Waals surface area contributed by atoms with E-state index in [1.54, 1.807) is 25.3 Å². The Bertz CT molecular complexity index is 621. The zero-order chi connectivity index (χ0) is 16.8. The Balaban J connectivity index is 1.97. The lowest BCUT2D eigenvalue weighted by Crippen LogP contribution is -2.30. The van der Waals surface area contributed by atoms with E-state index in [0.29, 0.717) is 42.5 Å². The number of amides is 1. The molecule has 2 rings (SSSR count). The predicted octanol–water partition coefficient (Wildman–Crippen LogP) is 2.48. The predicted molar refractivity (Wildman–Crippen MR) is 86.5 cm³/mol. The fourth-order valence-electron chi connectivity index (χ4n) is 2.25. The molecule has 0 aliphatic carbocycles. The number of hydrogen-bond donors (Lipinski definition) is 2. The lowest BCUT2D eigenvalue weighted by Gasteiger charge is -2.15. The van der Waals surface area contributed by atoms with Gasteiger partial charge < -0.3 is 20.1 Å². The molecule has 0 saturated carbocycles. The van der Waals surface area contributed by atoms with E-state index in [0.717, 1.165) is 0 Å². The number of pyridine rings is 1. The maximum Gasteiger partial charge on any atom is 0.407 e. The van der Waals surface area contributed by atoms with Crippen molar-refractivity contribution in [3.05, 3.63) is 28.9 Å². The second-order valence-electron chi connectivity index (χ2n) is 5.04. The summed E-state index contributed by atoms with van der Waals surface area (Å²) in [5.74, 6) is 0.0720. The van der Waals surface area contributed by atoms with Gasteiger partial charge in [0.1, 0.15) is 5.82 Å². The Labute approximate surface area is 138 Å². The Morgan fingerprint density at radius 1 is 1.61 bits per heavy atom. The van der Waals surface area contributed by atoms with E-state index in [4.69, 9.17) is 21.4 Å². The highest BCUT2D eigenvalue weighted by atomic mass is 35.5. The highest BCUT2D eigenvalue weighted by Crippen LogP contribution is 2.23. The summed E-state index contributed by atoms with van der Waals surface area (Å²) in [6.45, 7) is 2.95. The summed E-state index contributed by atoms with van der Waals surface area (Å²) < 4.78 is 4.79. The molecule has 1 fully saturated rings. The molecule has 23 heavy (non-hydrogen) atoms. The van der Waals surface area contributed by atoms with Crippen LogP contribution in [0.2, 0.25) is 5.02 Å². The summed E-state index contributed by atoms with van der Waals surface area (Å²) in [5.41, 5.74) is 0.673. The van der Waals surface area contributed by atoms with Gasteiger partial charge in [-0.05, 0) is 31.1 Å². The molecule has 1 aliphatic rings. The van der Waals surface area contributed by atoms with Crippen molar-refractivity contribution in [2.75, 3.05) is 25.0 Å². The summed E-state index contributed by atoms with van der Waals surface area (Å²) >= 11 is 6.18. The number of carbonyl (C=O) groups excluding carboxylic acids is 1. The first kappa shape index (κ1) is 17.1. The molecule has 0 unspecified atom stereocenters. The Morgan fingerprint density at radius 2 is 2.39 bits per heavy atom. The first-order chi connectivity index (χ1) is 11.0. The van der Waals surface area contributed by atoms with Crippen molar-refractivity contribution in [3.8, 4) is 0 Å². The van der Waals surface area contributed by atoms with Gasteiger partial charge in [0.2, 0.25) is 0 Å². The number of carbonyl (C=O) groups is 2. The van der Waals surface area contributed by atoms with E-state index >= 15 is 0 Å². The fraction of sp³-hybridized carbons (Fsp3) is 0.400. The maximum absolute atomic E-state index is 11.3. The molecule has 2 heterocycles. The molecule has 1 aliphatic heterocycles. The van der Waals surface area contributed by atoms with Gasteiger partial charge in [-0.15, -0.1) is 0 Å². The SMILES string of the molecule is CCOC(=O)/C=C/c1cnc(N[C@@H]2CCN(C(=O)O)C2)c(Cl)c1. The molecule has 124 valence electrons. The lowest BCUT2D eigenvalue weighted by atomic mass is 10.2. The van der Waals surface area contributed by atoms with Crippen molar-refractivity contribution in [1.29, 1.82) is 0 Å². The first-order valence-electron chi connectivity index (χ1n) is 7.24. The molecular weight excluding hydrogens is 322 g/mol. The molecule has 0 spiro atoms. The molecule has 1 aromatic rings. The van der Waals surface area contributed by atoms with Gasteiger partial charge in [0.05, 0.1) is 11.6 Å². The monoisotopic (exact) mass is 339 g/mol. The van der Waals surface area contributed by atoms with E-state index in [1.807, 2.05) is 0 Å². The van der Waals surface area contributed by atoms with Crippen LogP contribution in [0.15, 0.2) is 18.3 Å². The van der Waals surface area contributed by atoms with Crippen LogP contribution in [0.5, 0.6) is 0 Å². The molecule has 0 bridgehead atoms. The largest absolute Gasteiger partial charge is 0.465 e. The number of esters is 1. The molecule has 1 aromatic heterocycles. The van der Waals surface area contributed by atoms with Crippen molar-refractivity contribution < 1.29 is 19.4 Å². The van der Waals surface area contributed by atoms with Crippen LogP contribution in [0, 0.1) is 0 Å². The van der Waals surface area contributed by atoms with E-state index in [-0.39, 0.29) is 6.04 Å². The minimum Gasteiger partial charge on any atom is -0.465 e. The topological polar surface area (TPSA) is 91.8 Å². The zero-order valence-corrected chi connectivity index (χ0v) is 13.4. The smallest absolute Gasteiger partial charge is 0.407 e. The van der Waals surface area contributed by atoms with Crippen LogP contribution in [0.3, 0.4) is 0 Å². The summed E-state index contributed by atoms with van der Waals surface area (Å²) in [4.78, 5) is 27.7. The van der Waals surface area contributed by atoms with Crippen molar-refractivity contribution in [2.45, 2.75) is 19.4 Å². The highest BCUT2D eigenvalue weighted by molar-refractivity contribution is 6.33. The summed E-state index contributed by atoms with van der Waals surface area (Å²) in [5, 5.41) is 12.5. The number of halogens is 1. The molecule has 8 heteroatoms. The van der Waals surface area contributed by atoms with E-state index in [1.165, 1.54) is 11.0 Å². The highest BCUT2D eigenvalue weighted by Gasteiger charge is 2.26. The van der Waals surface area contributed by atoms with Gasteiger partial charge in [0, 0.05) is 31.4 Å². The van der Waals surface area contributed by atoms with E-state index < -0.39 is 12.1 Å². The van der Waals surface area contributed by atoms with Crippen LogP contribution in [-0.4, -0.2) is 52.8 Å². The quantitative estimate of drug-likeness (QED) is 0.632. The van der Waals surface area contributed by atoms with Crippen LogP contribution in [0.1, 0.15) is 18.9 Å². The average Bonchev–Trinajstić information content (AvgIpc) is 2.97. The third-order valence-electron chi connectivity index (χ3n) is 3.36. The summed E-state index contributed by atoms with van der Waals surface area (Å²) in [6.07, 6.45) is 4.24. The second kappa shape index (κ2) is 7.82. The molecule has 7 nitrogen and oxygen atoms in total. The number of likely N-dealkylation sites (tertiary alicyclic amines) is 1. The van der Waals surface area contributed by atoms with Crippen LogP contribution in [0.25, 0.3) is 6.08 Å². The number of nitrogens with one attached hydrogen (secondary N) is 1. The van der Waals surface area contributed by atoms with E-state index in [9.17, 15) is 9.59 Å². The van der Waals surface area contributed by atoms with Crippen molar-refractivity contribution >= 4 is 35.6 Å². The first-order valence-corrected chi connectivity index (χ1v) is 7.62. The number of carboxylic acid groups (broad SMARTS) is 1. The standard InChI is InChI=1S/C15H18ClN3O4/c1-2-23-13(20)4-3-10-7-12(16)14(17-8-10)18-11-5-6-19(9-11)15(21)22/h3-4,7-8,11H,2,5-6,9H2,1H3,(H,17,18)(H,21,22)/b4-3+/t11-/m1/s1. The van der Waals surface area contributed by atoms with Gasteiger partial charge in [-0.25, -0.2) is 14.6 Å². The normalized spacial score (nSPS) is 17.5. The number of rotatable bonds is 5. The minimum atomic E-state index is -0.923. The minimum absolute atomic E-state index is 0.0166. The van der Waals surface area contributed by atoms with E-state index in [2.05, 4.69) is 10.3 Å². The Morgan fingerprint density at radius 3 is 3.00 bits per heavy atom. The summed E-state index contributed by atoms with van der Waals surface area (Å²) in [7, 11) is 0. The number of ether oxygens (including phenoxy) is 1. The van der Waals surface area contributed by atoms with Gasteiger partial charge in [-0.2, -0.15) is 0 Å². The molecule has 0 aromatic carbocycles. The maximum atomic E-state index is 11.3. The lowest BCUT2D eigenvalue weighted by molar-refractivity contribution is -0.137. The van der Waals surface area contributed by atoms with Gasteiger partial charge in [0.15, 0.2) is 0 Å². The van der Waals surface area contributed by atoms with Crippen LogP contribution < -0.4 is 5.32 Å². The van der Waals surface area contributed by atoms with Crippen LogP contribution >= 0.6 is 11.6 Å². The molecule has 1 atom stereocenters. The number of nitrogens with zero attached hydrogens (tertiary/aromatic N) is 2. The average molecular weight is 340 g/mol. The van der Waals surface area contributed by atoms with Gasteiger partial charge in [-0.1, -0.05) is 11.6 Å². The number of anilines is 1. The zero-order valence-electron chi connectivity index (χ0n) is 12.7. The molecular formula is C15H18ClN3O4. The van der Waals surface area contributed by atoms with Gasteiger partial charge in [0.25, 0.3) is 0 Å². The third kappa shape index (κ3) is 4.85. The van der Waals surface area contributed by atoms with Crippen LogP contribution in [-0.2, 0) is 9.53 Å². The fourth-order valence-corrected chi connectivity index (χ4v) is 2.48.